The van der Waals surface area contributed by atoms with Crippen LogP contribution < -0.4 is 10.6 Å². The van der Waals surface area contributed by atoms with Gasteiger partial charge in [-0.2, -0.15) is 0 Å². The lowest BCUT2D eigenvalue weighted by Crippen LogP contribution is -2.26. The topological polar surface area (TPSA) is 58.2 Å². The molecule has 0 bridgehead atoms. The number of rotatable bonds is 18. The monoisotopic (exact) mass is 560 g/mol. The zero-order valence-electron chi connectivity index (χ0n) is 26.9. The predicted molar refractivity (Wildman–Crippen MR) is 176 cm³/mol. The summed E-state index contributed by atoms with van der Waals surface area (Å²) in [4.78, 5) is 24.7. The van der Waals surface area contributed by atoms with Gasteiger partial charge in [-0.1, -0.05) is 91.9 Å². The zero-order chi connectivity index (χ0) is 29.8. The Bertz CT molecular complexity index is 1070. The number of hydrogen-bond donors (Lipinski definition) is 2. The summed E-state index contributed by atoms with van der Waals surface area (Å²) >= 11 is 0. The van der Waals surface area contributed by atoms with E-state index in [1.807, 2.05) is 0 Å². The maximum atomic E-state index is 12.3. The van der Waals surface area contributed by atoms with Crippen LogP contribution >= 0.6 is 0 Å². The van der Waals surface area contributed by atoms with Crippen LogP contribution in [0.4, 0.5) is 11.4 Å². The molecular weight excluding hydrogens is 504 g/mol. The molecule has 2 amide bonds. The lowest BCUT2D eigenvalue weighted by Gasteiger charge is -2.34. The molecule has 3 rings (SSSR count). The summed E-state index contributed by atoms with van der Waals surface area (Å²) in [7, 11) is 0. The minimum Gasteiger partial charge on any atom is -0.326 e. The normalized spacial score (nSPS) is 13.1. The summed E-state index contributed by atoms with van der Waals surface area (Å²) in [6, 6.07) is 9.48. The van der Waals surface area contributed by atoms with E-state index in [9.17, 15) is 9.59 Å². The van der Waals surface area contributed by atoms with E-state index in [2.05, 4.69) is 62.6 Å². The summed E-state index contributed by atoms with van der Waals surface area (Å²) in [6.45, 7) is 12.2. The smallest absolute Gasteiger partial charge is 0.221 e. The Morgan fingerprint density at radius 3 is 1.29 bits per heavy atom. The number of hydrogen-bond acceptors (Lipinski definition) is 2. The molecule has 1 aliphatic carbocycles. The molecule has 4 nitrogen and oxygen atoms in total. The van der Waals surface area contributed by atoms with Gasteiger partial charge in [0.2, 0.25) is 11.8 Å². The molecule has 2 aromatic carbocycles. The SMILES string of the molecule is CCCCCCC1(CCCCCC)c2cc(NC(C)=O)c(CCCC)cc2-c2cc(CCCC)c(NC(C)=O)cc21. The molecule has 41 heavy (non-hydrogen) atoms. The van der Waals surface area contributed by atoms with Gasteiger partial charge in [-0.05, 0) is 96.2 Å². The maximum absolute atomic E-state index is 12.3. The van der Waals surface area contributed by atoms with Crippen LogP contribution in [0, 0.1) is 0 Å². The molecule has 0 atom stereocenters. The van der Waals surface area contributed by atoms with Crippen LogP contribution in [0.3, 0.4) is 0 Å². The zero-order valence-corrected chi connectivity index (χ0v) is 26.9. The largest absolute Gasteiger partial charge is 0.326 e. The molecule has 4 heteroatoms. The molecule has 0 aliphatic heterocycles. The van der Waals surface area contributed by atoms with E-state index in [1.165, 1.54) is 84.7 Å². The molecule has 0 unspecified atom stereocenters. The average Bonchev–Trinajstić information content (AvgIpc) is 3.18. The van der Waals surface area contributed by atoms with E-state index in [1.54, 1.807) is 13.8 Å². The van der Waals surface area contributed by atoms with Crippen LogP contribution in [0.1, 0.15) is 154 Å². The van der Waals surface area contributed by atoms with Crippen LogP contribution in [0.2, 0.25) is 0 Å². The fourth-order valence-corrected chi connectivity index (χ4v) is 6.80. The number of carbonyl (C=O) groups excluding carboxylic acids is 2. The average molecular weight is 561 g/mol. The second-order valence-corrected chi connectivity index (χ2v) is 12.4. The quantitative estimate of drug-likeness (QED) is 0.178. The molecule has 0 aromatic heterocycles. The van der Waals surface area contributed by atoms with Crippen molar-refractivity contribution >= 4 is 23.2 Å². The minimum atomic E-state index is -0.112. The van der Waals surface area contributed by atoms with Crippen molar-refractivity contribution in [3.8, 4) is 11.1 Å². The van der Waals surface area contributed by atoms with Crippen molar-refractivity contribution in [2.24, 2.45) is 0 Å². The first-order chi connectivity index (χ1) is 19.8. The third-order valence-electron chi connectivity index (χ3n) is 8.94. The highest BCUT2D eigenvalue weighted by Gasteiger charge is 2.43. The number of amides is 2. The van der Waals surface area contributed by atoms with Crippen LogP contribution in [0.5, 0.6) is 0 Å². The van der Waals surface area contributed by atoms with Crippen molar-refractivity contribution in [3.63, 3.8) is 0 Å². The Morgan fingerprint density at radius 1 is 0.561 bits per heavy atom. The highest BCUT2D eigenvalue weighted by atomic mass is 16.2. The third kappa shape index (κ3) is 8.23. The standard InChI is InChI=1S/C37H56N2O2/c1-7-11-15-17-21-37(22-18-16-12-8-2)33-25-35(38-27(5)40)29(19-13-9-3)23-31(33)32-24-30(20-14-10-4)36(26-34(32)37)39-28(6)41/h23-26H,7-22H2,1-6H3,(H,38,40)(H,39,41). The molecule has 0 spiro atoms. The van der Waals surface area contributed by atoms with E-state index < -0.39 is 0 Å². The molecule has 226 valence electrons. The molecule has 0 saturated heterocycles. The Balaban J connectivity index is 2.30. The van der Waals surface area contributed by atoms with Crippen molar-refractivity contribution in [2.75, 3.05) is 10.6 Å². The van der Waals surface area contributed by atoms with Gasteiger partial charge in [0, 0.05) is 30.6 Å². The van der Waals surface area contributed by atoms with Crippen molar-refractivity contribution in [2.45, 2.75) is 150 Å². The Hall–Kier alpha value is -2.62. The summed E-state index contributed by atoms with van der Waals surface area (Å²) in [6.07, 6.45) is 18.3. The first-order valence-electron chi connectivity index (χ1n) is 16.7. The van der Waals surface area contributed by atoms with Gasteiger partial charge in [0.25, 0.3) is 0 Å². The number of anilines is 2. The second kappa shape index (κ2) is 16.1. The van der Waals surface area contributed by atoms with Crippen LogP contribution in [-0.4, -0.2) is 11.8 Å². The van der Waals surface area contributed by atoms with Crippen molar-refractivity contribution in [1.82, 2.24) is 0 Å². The number of benzene rings is 2. The molecule has 2 aromatic rings. The molecule has 2 N–H and O–H groups in total. The summed E-state index contributed by atoms with van der Waals surface area (Å²) in [5.74, 6) is -0.0194. The predicted octanol–water partition coefficient (Wildman–Crippen LogP) is 10.5. The molecule has 0 radical (unpaired) electrons. The summed E-state index contributed by atoms with van der Waals surface area (Å²) in [5.41, 5.74) is 9.78. The number of aryl methyl sites for hydroxylation is 2. The van der Waals surface area contributed by atoms with Crippen molar-refractivity contribution in [1.29, 1.82) is 0 Å². The van der Waals surface area contributed by atoms with Crippen molar-refractivity contribution in [3.05, 3.63) is 46.5 Å². The molecule has 0 heterocycles. The van der Waals surface area contributed by atoms with Crippen LogP contribution in [0.25, 0.3) is 11.1 Å². The molecular formula is C37H56N2O2. The van der Waals surface area contributed by atoms with Gasteiger partial charge in [0.05, 0.1) is 0 Å². The first-order valence-corrected chi connectivity index (χ1v) is 16.7. The van der Waals surface area contributed by atoms with Gasteiger partial charge in [-0.25, -0.2) is 0 Å². The van der Waals surface area contributed by atoms with Crippen LogP contribution in [-0.2, 0) is 27.8 Å². The van der Waals surface area contributed by atoms with Gasteiger partial charge >= 0.3 is 0 Å². The lowest BCUT2D eigenvalue weighted by molar-refractivity contribution is -0.115. The van der Waals surface area contributed by atoms with Gasteiger partial charge in [-0.3, -0.25) is 9.59 Å². The number of carbonyl (C=O) groups is 2. The van der Waals surface area contributed by atoms with E-state index >= 15 is 0 Å². The van der Waals surface area contributed by atoms with Gasteiger partial charge < -0.3 is 10.6 Å². The summed E-state index contributed by atoms with van der Waals surface area (Å²) in [5, 5.41) is 6.42. The number of nitrogens with one attached hydrogen (secondary N) is 2. The number of fused-ring (bicyclic) bond motifs is 3. The first kappa shape index (κ1) is 32.9. The van der Waals surface area contributed by atoms with E-state index in [0.717, 1.165) is 62.7 Å². The molecule has 1 aliphatic rings. The highest BCUT2D eigenvalue weighted by Crippen LogP contribution is 2.56. The Kier molecular flexibility index (Phi) is 12.9. The molecule has 0 saturated carbocycles. The maximum Gasteiger partial charge on any atom is 0.221 e. The molecule has 0 fully saturated rings. The lowest BCUT2D eigenvalue weighted by atomic mass is 9.70. The van der Waals surface area contributed by atoms with Gasteiger partial charge in [-0.15, -0.1) is 0 Å². The van der Waals surface area contributed by atoms with E-state index in [-0.39, 0.29) is 17.2 Å². The minimum absolute atomic E-state index is 0.00972. The fraction of sp³-hybridized carbons (Fsp3) is 0.622. The van der Waals surface area contributed by atoms with E-state index in [0.29, 0.717) is 0 Å². The van der Waals surface area contributed by atoms with Gasteiger partial charge in [0.1, 0.15) is 0 Å². The van der Waals surface area contributed by atoms with E-state index in [4.69, 9.17) is 0 Å². The van der Waals surface area contributed by atoms with Crippen molar-refractivity contribution < 1.29 is 9.59 Å². The summed E-state index contributed by atoms with van der Waals surface area (Å²) < 4.78 is 0. The van der Waals surface area contributed by atoms with Gasteiger partial charge in [0.15, 0.2) is 0 Å². The number of unbranched alkanes of at least 4 members (excludes halogenated alkanes) is 8. The Labute approximate surface area is 250 Å². The van der Waals surface area contributed by atoms with Crippen LogP contribution in [0.15, 0.2) is 24.3 Å². The third-order valence-corrected chi connectivity index (χ3v) is 8.94. The fourth-order valence-electron chi connectivity index (χ4n) is 6.80. The second-order valence-electron chi connectivity index (χ2n) is 12.4. The Morgan fingerprint density at radius 2 is 0.951 bits per heavy atom. The highest BCUT2D eigenvalue weighted by molar-refractivity contribution is 5.94.